The van der Waals surface area contributed by atoms with E-state index >= 15 is 0 Å². The number of carboxylic acids is 1. The second-order valence-corrected chi connectivity index (χ2v) is 4.64. The second kappa shape index (κ2) is 6.06. The Balaban J connectivity index is 2.52. The largest absolute Gasteiger partial charge is 0.573 e. The summed E-state index contributed by atoms with van der Waals surface area (Å²) in [7, 11) is 0. The molecule has 0 heterocycles. The van der Waals surface area contributed by atoms with Crippen LogP contribution in [0.4, 0.5) is 26.3 Å². The number of aromatic carboxylic acids is 1. The second-order valence-electron chi connectivity index (χ2n) is 4.64. The Morgan fingerprint density at radius 3 is 2.17 bits per heavy atom. The topological polar surface area (TPSA) is 46.5 Å². The van der Waals surface area contributed by atoms with Gasteiger partial charge in [-0.1, -0.05) is 18.2 Å². The first-order valence-corrected chi connectivity index (χ1v) is 6.28. The fourth-order valence-electron chi connectivity index (χ4n) is 2.01. The molecule has 0 aliphatic heterocycles. The van der Waals surface area contributed by atoms with Gasteiger partial charge in [0.2, 0.25) is 0 Å². The Bertz CT molecular complexity index is 765. The van der Waals surface area contributed by atoms with Crippen LogP contribution < -0.4 is 4.74 Å². The Kier molecular flexibility index (Phi) is 4.46. The molecule has 0 aromatic heterocycles. The molecular weight excluding hydrogens is 342 g/mol. The molecule has 0 aliphatic rings. The first kappa shape index (κ1) is 17.6. The van der Waals surface area contributed by atoms with Gasteiger partial charge in [-0.2, -0.15) is 13.2 Å². The van der Waals surface area contributed by atoms with Crippen LogP contribution in [0.25, 0.3) is 11.1 Å². The molecular formula is C15H8F6O3. The summed E-state index contributed by atoms with van der Waals surface area (Å²) in [5.74, 6) is -2.26. The van der Waals surface area contributed by atoms with Crippen LogP contribution in [0.15, 0.2) is 42.5 Å². The maximum atomic E-state index is 12.7. The molecule has 2 aromatic carbocycles. The van der Waals surface area contributed by atoms with E-state index in [9.17, 15) is 31.1 Å². The highest BCUT2D eigenvalue weighted by molar-refractivity contribution is 5.96. The fraction of sp³-hybridized carbons (Fsp3) is 0.133. The van der Waals surface area contributed by atoms with Gasteiger partial charge in [0.1, 0.15) is 5.75 Å². The fourth-order valence-corrected chi connectivity index (χ4v) is 2.01. The average Bonchev–Trinajstić information content (AvgIpc) is 2.44. The molecule has 0 saturated heterocycles. The van der Waals surface area contributed by atoms with Gasteiger partial charge in [-0.15, -0.1) is 13.2 Å². The molecule has 0 aliphatic carbocycles. The van der Waals surface area contributed by atoms with Crippen molar-refractivity contribution in [1.82, 2.24) is 0 Å². The van der Waals surface area contributed by atoms with Crippen LogP contribution in [0.3, 0.4) is 0 Å². The van der Waals surface area contributed by atoms with Crippen molar-refractivity contribution in [3.05, 3.63) is 53.6 Å². The zero-order valence-electron chi connectivity index (χ0n) is 11.6. The Morgan fingerprint density at radius 2 is 1.62 bits per heavy atom. The van der Waals surface area contributed by atoms with Gasteiger partial charge in [-0.05, 0) is 35.4 Å². The minimum absolute atomic E-state index is 0.0251. The summed E-state index contributed by atoms with van der Waals surface area (Å²) >= 11 is 0. The van der Waals surface area contributed by atoms with Crippen molar-refractivity contribution in [1.29, 1.82) is 0 Å². The van der Waals surface area contributed by atoms with Gasteiger partial charge in [-0.3, -0.25) is 0 Å². The SMILES string of the molecule is O=C(O)c1cc(C(F)(F)F)ccc1-c1cccc(OC(F)(F)F)c1. The average molecular weight is 350 g/mol. The number of benzene rings is 2. The molecule has 9 heteroatoms. The normalized spacial score (nSPS) is 12.1. The summed E-state index contributed by atoms with van der Waals surface area (Å²) < 4.78 is 78.4. The van der Waals surface area contributed by atoms with Crippen LogP contribution in [0.5, 0.6) is 5.75 Å². The van der Waals surface area contributed by atoms with E-state index in [-0.39, 0.29) is 11.1 Å². The van der Waals surface area contributed by atoms with E-state index in [2.05, 4.69) is 4.74 Å². The first-order valence-electron chi connectivity index (χ1n) is 6.28. The van der Waals surface area contributed by atoms with E-state index < -0.39 is 35.4 Å². The van der Waals surface area contributed by atoms with Gasteiger partial charge in [0, 0.05) is 0 Å². The number of rotatable bonds is 3. The van der Waals surface area contributed by atoms with Crippen LogP contribution in [-0.2, 0) is 6.18 Å². The Labute approximate surface area is 131 Å². The van der Waals surface area contributed by atoms with Gasteiger partial charge in [0.25, 0.3) is 0 Å². The van der Waals surface area contributed by atoms with Gasteiger partial charge >= 0.3 is 18.5 Å². The smallest absolute Gasteiger partial charge is 0.478 e. The molecule has 3 nitrogen and oxygen atoms in total. The third-order valence-corrected chi connectivity index (χ3v) is 2.96. The lowest BCUT2D eigenvalue weighted by Crippen LogP contribution is -2.17. The van der Waals surface area contributed by atoms with Crippen molar-refractivity contribution in [2.75, 3.05) is 0 Å². The third kappa shape index (κ3) is 4.18. The minimum Gasteiger partial charge on any atom is -0.478 e. The molecule has 0 bridgehead atoms. The highest BCUT2D eigenvalue weighted by atomic mass is 19.4. The van der Waals surface area contributed by atoms with Crippen LogP contribution in [0, 0.1) is 0 Å². The number of ether oxygens (including phenoxy) is 1. The Morgan fingerprint density at radius 1 is 0.958 bits per heavy atom. The summed E-state index contributed by atoms with van der Waals surface area (Å²) in [5.41, 5.74) is -2.05. The van der Waals surface area contributed by atoms with E-state index in [0.29, 0.717) is 12.1 Å². The molecule has 2 rings (SSSR count). The van der Waals surface area contributed by atoms with E-state index in [0.717, 1.165) is 18.2 Å². The van der Waals surface area contributed by atoms with Crippen LogP contribution in [0.1, 0.15) is 15.9 Å². The van der Waals surface area contributed by atoms with E-state index in [1.807, 2.05) is 0 Å². The molecule has 0 unspecified atom stereocenters. The molecule has 1 N–H and O–H groups in total. The zero-order valence-corrected chi connectivity index (χ0v) is 11.6. The highest BCUT2D eigenvalue weighted by Gasteiger charge is 2.33. The van der Waals surface area contributed by atoms with Crippen LogP contribution in [0.2, 0.25) is 0 Å². The predicted octanol–water partition coefficient (Wildman–Crippen LogP) is 4.97. The molecule has 0 radical (unpaired) electrons. The van der Waals surface area contributed by atoms with Gasteiger partial charge in [0.05, 0.1) is 11.1 Å². The highest BCUT2D eigenvalue weighted by Crippen LogP contribution is 2.35. The molecule has 24 heavy (non-hydrogen) atoms. The minimum atomic E-state index is -4.95. The van der Waals surface area contributed by atoms with E-state index in [1.54, 1.807) is 0 Å². The molecule has 0 fully saturated rings. The summed E-state index contributed by atoms with van der Waals surface area (Å²) in [6.07, 6.45) is -9.70. The van der Waals surface area contributed by atoms with E-state index in [4.69, 9.17) is 5.11 Å². The lowest BCUT2D eigenvalue weighted by atomic mass is 9.97. The number of carboxylic acid groups (broad SMARTS) is 1. The van der Waals surface area contributed by atoms with Crippen LogP contribution in [-0.4, -0.2) is 17.4 Å². The van der Waals surface area contributed by atoms with Crippen LogP contribution >= 0.6 is 0 Å². The van der Waals surface area contributed by atoms with Gasteiger partial charge in [-0.25, -0.2) is 4.79 Å². The predicted molar refractivity (Wildman–Crippen MR) is 70.5 cm³/mol. The molecule has 0 amide bonds. The van der Waals surface area contributed by atoms with E-state index in [1.165, 1.54) is 12.1 Å². The number of alkyl halides is 6. The van der Waals surface area contributed by atoms with Crippen molar-refractivity contribution < 1.29 is 41.0 Å². The van der Waals surface area contributed by atoms with Gasteiger partial charge in [0.15, 0.2) is 0 Å². The first-order chi connectivity index (χ1) is 11.0. The quantitative estimate of drug-likeness (QED) is 0.795. The van der Waals surface area contributed by atoms with Crippen molar-refractivity contribution in [3.8, 4) is 16.9 Å². The number of hydrogen-bond donors (Lipinski definition) is 1. The number of carbonyl (C=O) groups is 1. The molecule has 0 spiro atoms. The lowest BCUT2D eigenvalue weighted by Gasteiger charge is -2.13. The third-order valence-electron chi connectivity index (χ3n) is 2.96. The molecule has 0 atom stereocenters. The summed E-state index contributed by atoms with van der Waals surface area (Å²) in [4.78, 5) is 11.2. The van der Waals surface area contributed by atoms with Crippen molar-refractivity contribution in [3.63, 3.8) is 0 Å². The lowest BCUT2D eigenvalue weighted by molar-refractivity contribution is -0.274. The molecule has 0 saturated carbocycles. The molecule has 2 aromatic rings. The van der Waals surface area contributed by atoms with Crippen molar-refractivity contribution in [2.45, 2.75) is 12.5 Å². The standard InChI is InChI=1S/C15H8F6O3/c16-14(17,18)9-4-5-11(12(7-9)13(22)23)8-2-1-3-10(6-8)24-15(19,20)21/h1-7H,(H,22,23). The summed E-state index contributed by atoms with van der Waals surface area (Å²) in [6.45, 7) is 0. The monoisotopic (exact) mass is 350 g/mol. The number of halogens is 6. The zero-order chi connectivity index (χ0) is 18.1. The summed E-state index contributed by atoms with van der Waals surface area (Å²) in [5, 5.41) is 9.09. The van der Waals surface area contributed by atoms with Crippen molar-refractivity contribution >= 4 is 5.97 Å². The maximum Gasteiger partial charge on any atom is 0.573 e. The molecule has 128 valence electrons. The Hall–Kier alpha value is -2.71. The summed E-state index contributed by atoms with van der Waals surface area (Å²) in [6, 6.07) is 6.27. The van der Waals surface area contributed by atoms with Crippen molar-refractivity contribution in [2.24, 2.45) is 0 Å². The number of hydrogen-bond acceptors (Lipinski definition) is 2. The van der Waals surface area contributed by atoms with Gasteiger partial charge < -0.3 is 9.84 Å². The maximum absolute atomic E-state index is 12.7.